The lowest BCUT2D eigenvalue weighted by Crippen LogP contribution is -2.34. The van der Waals surface area contributed by atoms with E-state index in [0.717, 1.165) is 23.6 Å². The lowest BCUT2D eigenvalue weighted by Gasteiger charge is -2.27. The molecule has 7 nitrogen and oxygen atoms in total. The summed E-state index contributed by atoms with van der Waals surface area (Å²) in [5.74, 6) is 1.62. The molecule has 0 aliphatic heterocycles. The number of hydrogen-bond donors (Lipinski definition) is 3. The summed E-state index contributed by atoms with van der Waals surface area (Å²) in [5, 5.41) is 23.6. The number of hydrogen-bond acceptors (Lipinski definition) is 6. The molecule has 0 spiro atoms. The number of aryl methyl sites for hydroxylation is 2. The van der Waals surface area contributed by atoms with Crippen molar-refractivity contribution in [3.05, 3.63) is 71.8 Å². The fraction of sp³-hybridized carbons (Fsp3) is 0.350. The van der Waals surface area contributed by atoms with Crippen molar-refractivity contribution < 1.29 is 10.2 Å². The first-order valence-corrected chi connectivity index (χ1v) is 8.92. The Morgan fingerprint density at radius 2 is 1.70 bits per heavy atom. The van der Waals surface area contributed by atoms with Crippen LogP contribution in [0.25, 0.3) is 0 Å². The molecule has 0 saturated carbocycles. The number of aromatic nitrogens is 4. The van der Waals surface area contributed by atoms with E-state index in [-0.39, 0.29) is 0 Å². The van der Waals surface area contributed by atoms with Gasteiger partial charge in [0.05, 0.1) is 12.1 Å². The normalized spacial score (nSPS) is 14.6. The maximum atomic E-state index is 10.4. The van der Waals surface area contributed by atoms with E-state index < -0.39 is 18.2 Å². The molecular formula is C20H25N5O2. The molecule has 2 aromatic heterocycles. The van der Waals surface area contributed by atoms with Crippen LogP contribution >= 0.6 is 0 Å². The first kappa shape index (κ1) is 19.0. The van der Waals surface area contributed by atoms with Crippen LogP contribution < -0.4 is 5.32 Å². The topological polar surface area (TPSA) is 96.1 Å². The molecule has 3 aromatic rings. The molecule has 0 aliphatic rings. The van der Waals surface area contributed by atoms with Gasteiger partial charge < -0.3 is 20.1 Å². The summed E-state index contributed by atoms with van der Waals surface area (Å²) in [6.45, 7) is 6.09. The summed E-state index contributed by atoms with van der Waals surface area (Å²) in [7, 11) is 0. The number of rotatable bonds is 7. The van der Waals surface area contributed by atoms with Crippen molar-refractivity contribution in [1.29, 1.82) is 0 Å². The van der Waals surface area contributed by atoms with E-state index in [9.17, 15) is 10.2 Å². The number of benzene rings is 1. The number of imidazole rings is 1. The van der Waals surface area contributed by atoms with Crippen molar-refractivity contribution in [1.82, 2.24) is 19.5 Å². The van der Waals surface area contributed by atoms with Crippen LogP contribution in [0.3, 0.4) is 0 Å². The zero-order valence-corrected chi connectivity index (χ0v) is 15.7. The minimum Gasteiger partial charge on any atom is -0.391 e. The van der Waals surface area contributed by atoms with Gasteiger partial charge in [-0.05, 0) is 38.5 Å². The summed E-state index contributed by atoms with van der Waals surface area (Å²) in [6.07, 6.45) is 5.19. The summed E-state index contributed by atoms with van der Waals surface area (Å²) in [6, 6.07) is 7.45. The Balaban J connectivity index is 1.77. The molecule has 27 heavy (non-hydrogen) atoms. The van der Waals surface area contributed by atoms with Gasteiger partial charge in [-0.2, -0.15) is 0 Å². The van der Waals surface area contributed by atoms with E-state index in [1.165, 1.54) is 0 Å². The SMILES string of the molecule is Cc1ncc([C@@H](Nc2ccc(Cn3ccnc3C)cc2)[C@H](O)[C@H](C)O)cn1. The average molecular weight is 367 g/mol. The molecule has 1 aromatic carbocycles. The number of nitrogens with zero attached hydrogens (tertiary/aromatic N) is 4. The van der Waals surface area contributed by atoms with Gasteiger partial charge in [0.15, 0.2) is 0 Å². The van der Waals surface area contributed by atoms with E-state index >= 15 is 0 Å². The van der Waals surface area contributed by atoms with Crippen molar-refractivity contribution in [3.8, 4) is 0 Å². The first-order valence-electron chi connectivity index (χ1n) is 8.92. The second-order valence-corrected chi connectivity index (χ2v) is 6.72. The van der Waals surface area contributed by atoms with Gasteiger partial charge in [0.1, 0.15) is 17.8 Å². The quantitative estimate of drug-likeness (QED) is 0.593. The molecule has 7 heteroatoms. The highest BCUT2D eigenvalue weighted by molar-refractivity contribution is 5.47. The molecule has 0 unspecified atom stereocenters. The van der Waals surface area contributed by atoms with Crippen LogP contribution in [0, 0.1) is 13.8 Å². The van der Waals surface area contributed by atoms with E-state index in [4.69, 9.17) is 0 Å². The Labute approximate surface area is 158 Å². The number of nitrogens with one attached hydrogen (secondary N) is 1. The van der Waals surface area contributed by atoms with E-state index in [1.54, 1.807) is 32.4 Å². The summed E-state index contributed by atoms with van der Waals surface area (Å²) in [5.41, 5.74) is 2.70. The highest BCUT2D eigenvalue weighted by atomic mass is 16.3. The average Bonchev–Trinajstić information content (AvgIpc) is 3.06. The summed E-state index contributed by atoms with van der Waals surface area (Å²) in [4.78, 5) is 12.6. The molecule has 0 aliphatic carbocycles. The van der Waals surface area contributed by atoms with Gasteiger partial charge >= 0.3 is 0 Å². The molecule has 3 atom stereocenters. The minimum atomic E-state index is -0.996. The van der Waals surface area contributed by atoms with Gasteiger partial charge in [0.25, 0.3) is 0 Å². The molecule has 3 N–H and O–H groups in total. The van der Waals surface area contributed by atoms with Crippen molar-refractivity contribution in [2.45, 2.75) is 45.6 Å². The zero-order chi connectivity index (χ0) is 19.4. The second kappa shape index (κ2) is 8.28. The van der Waals surface area contributed by atoms with Crippen LogP contribution in [-0.4, -0.2) is 41.9 Å². The Morgan fingerprint density at radius 3 is 2.26 bits per heavy atom. The van der Waals surface area contributed by atoms with Crippen LogP contribution in [-0.2, 0) is 6.54 Å². The van der Waals surface area contributed by atoms with Gasteiger partial charge in [-0.25, -0.2) is 15.0 Å². The van der Waals surface area contributed by atoms with Gasteiger partial charge in [-0.1, -0.05) is 12.1 Å². The van der Waals surface area contributed by atoms with E-state index in [0.29, 0.717) is 11.4 Å². The molecule has 142 valence electrons. The Hall–Kier alpha value is -2.77. The highest BCUT2D eigenvalue weighted by Gasteiger charge is 2.25. The zero-order valence-electron chi connectivity index (χ0n) is 15.7. The molecule has 0 radical (unpaired) electrons. The largest absolute Gasteiger partial charge is 0.391 e. The molecule has 0 bridgehead atoms. The molecule has 0 fully saturated rings. The van der Waals surface area contributed by atoms with Crippen LogP contribution in [0.1, 0.15) is 35.7 Å². The fourth-order valence-electron chi connectivity index (χ4n) is 2.86. The number of anilines is 1. The van der Waals surface area contributed by atoms with Gasteiger partial charge in [-0.3, -0.25) is 0 Å². The molecular weight excluding hydrogens is 342 g/mol. The number of aliphatic hydroxyl groups excluding tert-OH is 2. The Kier molecular flexibility index (Phi) is 5.83. The van der Waals surface area contributed by atoms with Crippen molar-refractivity contribution >= 4 is 5.69 Å². The van der Waals surface area contributed by atoms with E-state index in [2.05, 4.69) is 24.8 Å². The van der Waals surface area contributed by atoms with Crippen LogP contribution in [0.4, 0.5) is 5.69 Å². The first-order chi connectivity index (χ1) is 12.9. The van der Waals surface area contributed by atoms with Gasteiger partial charge in [-0.15, -0.1) is 0 Å². The predicted molar refractivity (Wildman–Crippen MR) is 103 cm³/mol. The third-order valence-corrected chi connectivity index (χ3v) is 4.55. The Morgan fingerprint density at radius 1 is 1.04 bits per heavy atom. The lowest BCUT2D eigenvalue weighted by atomic mass is 10.00. The van der Waals surface area contributed by atoms with Crippen LogP contribution in [0.2, 0.25) is 0 Å². The second-order valence-electron chi connectivity index (χ2n) is 6.72. The standard InChI is InChI=1S/C20H25N5O2/c1-13(26)20(27)19(17-10-22-14(2)23-11-17)24-18-6-4-16(5-7-18)12-25-9-8-21-15(25)3/h4-11,13,19-20,24,26-27H,12H2,1-3H3/t13-,19+,20+/m0/s1. The van der Waals surface area contributed by atoms with E-state index in [1.807, 2.05) is 37.4 Å². The molecule has 3 rings (SSSR count). The van der Waals surface area contributed by atoms with Crippen molar-refractivity contribution in [3.63, 3.8) is 0 Å². The van der Waals surface area contributed by atoms with Crippen LogP contribution in [0.15, 0.2) is 49.1 Å². The summed E-state index contributed by atoms with van der Waals surface area (Å²) >= 11 is 0. The third-order valence-electron chi connectivity index (χ3n) is 4.55. The fourth-order valence-corrected chi connectivity index (χ4v) is 2.86. The van der Waals surface area contributed by atoms with Crippen molar-refractivity contribution in [2.75, 3.05) is 5.32 Å². The maximum absolute atomic E-state index is 10.4. The molecule has 0 saturated heterocycles. The lowest BCUT2D eigenvalue weighted by molar-refractivity contribution is 0.0188. The van der Waals surface area contributed by atoms with Gasteiger partial charge in [0.2, 0.25) is 0 Å². The third kappa shape index (κ3) is 4.69. The highest BCUT2D eigenvalue weighted by Crippen LogP contribution is 2.24. The maximum Gasteiger partial charge on any atom is 0.125 e. The minimum absolute atomic E-state index is 0.521. The van der Waals surface area contributed by atoms with Gasteiger partial charge in [0, 0.05) is 42.6 Å². The number of aliphatic hydroxyl groups is 2. The molecule has 0 amide bonds. The monoisotopic (exact) mass is 367 g/mol. The van der Waals surface area contributed by atoms with Crippen LogP contribution in [0.5, 0.6) is 0 Å². The smallest absolute Gasteiger partial charge is 0.125 e. The predicted octanol–water partition coefficient (Wildman–Crippen LogP) is 2.23. The van der Waals surface area contributed by atoms with Crippen molar-refractivity contribution in [2.24, 2.45) is 0 Å². The Bertz CT molecular complexity index is 859. The summed E-state index contributed by atoms with van der Waals surface area (Å²) < 4.78 is 2.08. The molecule has 2 heterocycles.